The van der Waals surface area contributed by atoms with Crippen LogP contribution < -0.4 is 11.1 Å². The highest BCUT2D eigenvalue weighted by Crippen LogP contribution is 2.13. The third-order valence-corrected chi connectivity index (χ3v) is 4.68. The maximum absolute atomic E-state index is 11.9. The fourth-order valence-electron chi connectivity index (χ4n) is 1.57. The maximum Gasteiger partial charge on any atom is 0.242 e. The molecule has 0 radical (unpaired) electrons. The van der Waals surface area contributed by atoms with Gasteiger partial charge < -0.3 is 15.8 Å². The number of nitrogens with one attached hydrogen (secondary N) is 1. The Bertz CT molecular complexity index is 575. The molecule has 7 nitrogen and oxygen atoms in total. The van der Waals surface area contributed by atoms with Crippen molar-refractivity contribution in [2.24, 2.45) is 5.73 Å². The smallest absolute Gasteiger partial charge is 0.242 e. The summed E-state index contributed by atoms with van der Waals surface area (Å²) in [6.45, 7) is 0.421. The van der Waals surface area contributed by atoms with Gasteiger partial charge in [0.05, 0.1) is 11.5 Å². The van der Waals surface area contributed by atoms with E-state index >= 15 is 0 Å². The molecule has 0 saturated heterocycles. The summed E-state index contributed by atoms with van der Waals surface area (Å²) in [6.07, 6.45) is 0. The molecular weight excluding hydrogens is 330 g/mol. The predicted octanol–water partition coefficient (Wildman–Crippen LogP) is -0.0514. The van der Waals surface area contributed by atoms with Crippen LogP contribution in [0.5, 0.6) is 0 Å². The van der Waals surface area contributed by atoms with Gasteiger partial charge in [0.1, 0.15) is 6.04 Å². The fraction of sp³-hybridized carbons (Fsp3) is 0.462. The van der Waals surface area contributed by atoms with Gasteiger partial charge in [-0.3, -0.25) is 4.79 Å². The van der Waals surface area contributed by atoms with Crippen LogP contribution in [0, 0.1) is 0 Å². The van der Waals surface area contributed by atoms with Crippen molar-refractivity contribution in [2.45, 2.75) is 17.5 Å². The SMILES string of the molecule is COCC(N)C(=O)NCc1ccc(S(=O)(=O)N(C)C)cc1.Cl. The number of hydrogen-bond acceptors (Lipinski definition) is 5. The molecule has 0 aromatic heterocycles. The molecule has 0 aliphatic carbocycles. The molecule has 0 aliphatic heterocycles. The fourth-order valence-corrected chi connectivity index (χ4v) is 2.47. The van der Waals surface area contributed by atoms with Crippen molar-refractivity contribution in [1.29, 1.82) is 0 Å². The Kier molecular flexibility index (Phi) is 8.57. The maximum atomic E-state index is 11.9. The van der Waals surface area contributed by atoms with Gasteiger partial charge in [0.15, 0.2) is 0 Å². The molecule has 0 bridgehead atoms. The summed E-state index contributed by atoms with van der Waals surface area (Å²) in [7, 11) is 0.979. The number of hydrogen-bond donors (Lipinski definition) is 2. The number of nitrogens with two attached hydrogens (primary N) is 1. The number of nitrogens with zero attached hydrogens (tertiary/aromatic N) is 1. The van der Waals surface area contributed by atoms with Crippen LogP contribution in [0.4, 0.5) is 0 Å². The molecular formula is C13H22ClN3O4S. The zero-order valence-electron chi connectivity index (χ0n) is 12.8. The molecule has 0 saturated carbocycles. The molecule has 0 heterocycles. The first-order valence-electron chi connectivity index (χ1n) is 6.32. The van der Waals surface area contributed by atoms with Crippen molar-refractivity contribution in [3.8, 4) is 0 Å². The van der Waals surface area contributed by atoms with Gasteiger partial charge in [0.2, 0.25) is 15.9 Å². The molecule has 126 valence electrons. The number of halogens is 1. The number of ether oxygens (including phenoxy) is 1. The summed E-state index contributed by atoms with van der Waals surface area (Å²) < 4.78 is 29.7. The second-order valence-electron chi connectivity index (χ2n) is 4.71. The highest BCUT2D eigenvalue weighted by molar-refractivity contribution is 7.89. The van der Waals surface area contributed by atoms with Gasteiger partial charge in [-0.25, -0.2) is 12.7 Å². The van der Waals surface area contributed by atoms with Crippen molar-refractivity contribution in [3.63, 3.8) is 0 Å². The Hall–Kier alpha value is -1.19. The van der Waals surface area contributed by atoms with Gasteiger partial charge in [-0.05, 0) is 17.7 Å². The molecule has 1 atom stereocenters. The third-order valence-electron chi connectivity index (χ3n) is 2.85. The van der Waals surface area contributed by atoms with E-state index in [2.05, 4.69) is 5.32 Å². The van der Waals surface area contributed by atoms with Crippen molar-refractivity contribution in [2.75, 3.05) is 27.8 Å². The molecule has 1 amide bonds. The minimum absolute atomic E-state index is 0. The molecule has 3 N–H and O–H groups in total. The normalized spacial score (nSPS) is 12.6. The molecule has 0 fully saturated rings. The van der Waals surface area contributed by atoms with Crippen LogP contribution >= 0.6 is 12.4 Å². The van der Waals surface area contributed by atoms with Crippen LogP contribution in [0.1, 0.15) is 5.56 Å². The molecule has 0 aliphatic rings. The van der Waals surface area contributed by atoms with E-state index in [1.165, 1.54) is 33.3 Å². The largest absolute Gasteiger partial charge is 0.383 e. The van der Waals surface area contributed by atoms with Crippen LogP contribution in [0.2, 0.25) is 0 Å². The lowest BCUT2D eigenvalue weighted by Gasteiger charge is -2.13. The van der Waals surface area contributed by atoms with Gasteiger partial charge >= 0.3 is 0 Å². The molecule has 1 aromatic carbocycles. The summed E-state index contributed by atoms with van der Waals surface area (Å²) in [4.78, 5) is 11.8. The number of carbonyl (C=O) groups excluding carboxylic acids is 1. The van der Waals surface area contributed by atoms with Crippen molar-refractivity contribution < 1.29 is 17.9 Å². The molecule has 1 rings (SSSR count). The van der Waals surface area contributed by atoms with E-state index in [1.54, 1.807) is 12.1 Å². The van der Waals surface area contributed by atoms with E-state index in [0.717, 1.165) is 9.87 Å². The molecule has 0 spiro atoms. The number of rotatable bonds is 7. The van der Waals surface area contributed by atoms with E-state index in [0.29, 0.717) is 0 Å². The Morgan fingerprint density at radius 1 is 1.32 bits per heavy atom. The molecule has 1 unspecified atom stereocenters. The molecule has 1 aromatic rings. The summed E-state index contributed by atoms with van der Waals surface area (Å²) in [5, 5.41) is 2.66. The minimum Gasteiger partial charge on any atom is -0.383 e. The number of amides is 1. The highest BCUT2D eigenvalue weighted by atomic mass is 35.5. The molecule has 9 heteroatoms. The lowest BCUT2D eigenvalue weighted by Crippen LogP contribution is -2.43. The standard InChI is InChI=1S/C13H21N3O4S.ClH/c1-16(2)21(18,19)11-6-4-10(5-7-11)8-15-13(17)12(14)9-20-3;/h4-7,12H,8-9,14H2,1-3H3,(H,15,17);1H. The van der Waals surface area contributed by atoms with Crippen LogP contribution in [0.15, 0.2) is 29.2 Å². The average molecular weight is 352 g/mol. The Morgan fingerprint density at radius 3 is 2.32 bits per heavy atom. The van der Waals surface area contributed by atoms with Crippen LogP contribution in [0.3, 0.4) is 0 Å². The summed E-state index contributed by atoms with van der Waals surface area (Å²) in [5.74, 6) is -0.318. The van der Waals surface area contributed by atoms with Gasteiger partial charge in [0, 0.05) is 27.7 Å². The van der Waals surface area contributed by atoms with Gasteiger partial charge in [0.25, 0.3) is 0 Å². The Balaban J connectivity index is 0.00000441. The molecule has 22 heavy (non-hydrogen) atoms. The van der Waals surface area contributed by atoms with Crippen LogP contribution in [0.25, 0.3) is 0 Å². The second kappa shape index (κ2) is 9.06. The lowest BCUT2D eigenvalue weighted by atomic mass is 10.2. The highest BCUT2D eigenvalue weighted by Gasteiger charge is 2.17. The zero-order chi connectivity index (χ0) is 16.0. The lowest BCUT2D eigenvalue weighted by molar-refractivity contribution is -0.123. The Morgan fingerprint density at radius 2 is 1.86 bits per heavy atom. The van der Waals surface area contributed by atoms with Gasteiger partial charge in [-0.1, -0.05) is 12.1 Å². The van der Waals surface area contributed by atoms with Crippen molar-refractivity contribution in [3.05, 3.63) is 29.8 Å². The quantitative estimate of drug-likeness (QED) is 0.717. The summed E-state index contributed by atoms with van der Waals surface area (Å²) in [6, 6.07) is 5.60. The van der Waals surface area contributed by atoms with Crippen molar-refractivity contribution >= 4 is 28.3 Å². The Labute approximate surface area is 137 Å². The first-order valence-corrected chi connectivity index (χ1v) is 7.76. The summed E-state index contributed by atoms with van der Waals surface area (Å²) in [5.41, 5.74) is 6.37. The van der Waals surface area contributed by atoms with Crippen molar-refractivity contribution in [1.82, 2.24) is 9.62 Å². The second-order valence-corrected chi connectivity index (χ2v) is 6.86. The third kappa shape index (κ3) is 5.54. The predicted molar refractivity (Wildman–Crippen MR) is 86.3 cm³/mol. The van der Waals surface area contributed by atoms with Crippen LogP contribution in [-0.4, -0.2) is 52.5 Å². The van der Waals surface area contributed by atoms with E-state index in [9.17, 15) is 13.2 Å². The topological polar surface area (TPSA) is 102 Å². The van der Waals surface area contributed by atoms with E-state index in [1.807, 2.05) is 0 Å². The van der Waals surface area contributed by atoms with E-state index in [-0.39, 0.29) is 36.4 Å². The van der Waals surface area contributed by atoms with Gasteiger partial charge in [-0.2, -0.15) is 0 Å². The monoisotopic (exact) mass is 351 g/mol. The van der Waals surface area contributed by atoms with E-state index in [4.69, 9.17) is 10.5 Å². The number of methoxy groups -OCH3 is 1. The zero-order valence-corrected chi connectivity index (χ0v) is 14.4. The number of carbonyl (C=O) groups is 1. The summed E-state index contributed by atoms with van der Waals surface area (Å²) >= 11 is 0. The first-order chi connectivity index (χ1) is 9.78. The first kappa shape index (κ1) is 20.8. The average Bonchev–Trinajstić information content (AvgIpc) is 2.45. The van der Waals surface area contributed by atoms with Gasteiger partial charge in [-0.15, -0.1) is 12.4 Å². The van der Waals surface area contributed by atoms with Crippen LogP contribution in [-0.2, 0) is 26.1 Å². The number of sulfonamides is 1. The minimum atomic E-state index is -3.44. The van der Waals surface area contributed by atoms with E-state index < -0.39 is 16.1 Å². The number of benzene rings is 1.